The van der Waals surface area contributed by atoms with E-state index in [2.05, 4.69) is 11.9 Å². The lowest BCUT2D eigenvalue weighted by Crippen LogP contribution is -2.05. The van der Waals surface area contributed by atoms with E-state index in [1.807, 2.05) is 19.1 Å². The zero-order chi connectivity index (χ0) is 12.9. The number of sulfone groups is 1. The summed E-state index contributed by atoms with van der Waals surface area (Å²) < 4.78 is 22.9. The van der Waals surface area contributed by atoms with Crippen LogP contribution in [0.25, 0.3) is 0 Å². The Morgan fingerprint density at radius 2 is 2.12 bits per heavy atom. The molecule has 0 amide bonds. The number of hydrogen-bond donors (Lipinski definition) is 1. The third kappa shape index (κ3) is 4.23. The van der Waals surface area contributed by atoms with E-state index in [0.29, 0.717) is 4.90 Å². The first-order valence-corrected chi connectivity index (χ1v) is 7.50. The van der Waals surface area contributed by atoms with Crippen LogP contribution in [0.4, 0.5) is 5.69 Å². The number of hydrogen-bond acceptors (Lipinski definition) is 3. The molecule has 0 radical (unpaired) electrons. The highest BCUT2D eigenvalue weighted by Crippen LogP contribution is 2.20. The SMILES string of the molecule is C=CCCCNc1cc(S(C)(=O)=O)ccc1C. The molecule has 0 saturated carbocycles. The van der Waals surface area contributed by atoms with Crippen molar-refractivity contribution in [2.45, 2.75) is 24.7 Å². The summed E-state index contributed by atoms with van der Waals surface area (Å²) in [6.45, 7) is 6.44. The van der Waals surface area contributed by atoms with E-state index in [1.165, 1.54) is 6.26 Å². The molecule has 0 bridgehead atoms. The minimum absolute atomic E-state index is 0.356. The molecule has 0 saturated heterocycles. The fourth-order valence-electron chi connectivity index (χ4n) is 1.49. The van der Waals surface area contributed by atoms with Crippen LogP contribution in [0.3, 0.4) is 0 Å². The van der Waals surface area contributed by atoms with Crippen molar-refractivity contribution in [3.05, 3.63) is 36.4 Å². The number of nitrogens with one attached hydrogen (secondary N) is 1. The first-order valence-electron chi connectivity index (χ1n) is 5.60. The first-order chi connectivity index (χ1) is 7.95. The summed E-state index contributed by atoms with van der Waals surface area (Å²) in [5, 5.41) is 3.25. The Hall–Kier alpha value is -1.29. The normalized spacial score (nSPS) is 11.2. The maximum Gasteiger partial charge on any atom is 0.175 e. The maximum atomic E-state index is 11.4. The highest BCUT2D eigenvalue weighted by molar-refractivity contribution is 7.90. The summed E-state index contributed by atoms with van der Waals surface area (Å²) in [5.74, 6) is 0. The second kappa shape index (κ2) is 5.87. The number of allylic oxidation sites excluding steroid dienone is 1. The van der Waals surface area contributed by atoms with E-state index < -0.39 is 9.84 Å². The molecule has 94 valence electrons. The van der Waals surface area contributed by atoms with Gasteiger partial charge in [0.25, 0.3) is 0 Å². The van der Waals surface area contributed by atoms with Gasteiger partial charge in [0.15, 0.2) is 9.84 Å². The molecule has 0 aliphatic heterocycles. The molecule has 0 aliphatic rings. The van der Waals surface area contributed by atoms with E-state index in [9.17, 15) is 8.42 Å². The minimum atomic E-state index is -3.13. The van der Waals surface area contributed by atoms with Crippen LogP contribution in [0.1, 0.15) is 18.4 Å². The first kappa shape index (κ1) is 13.8. The number of aryl methyl sites for hydroxylation is 1. The van der Waals surface area contributed by atoms with Crippen LogP contribution in [0.15, 0.2) is 35.7 Å². The summed E-state index contributed by atoms with van der Waals surface area (Å²) >= 11 is 0. The van der Waals surface area contributed by atoms with Gasteiger partial charge in [-0.3, -0.25) is 0 Å². The lowest BCUT2D eigenvalue weighted by molar-refractivity contribution is 0.602. The summed E-state index contributed by atoms with van der Waals surface area (Å²) in [7, 11) is -3.13. The van der Waals surface area contributed by atoms with E-state index in [0.717, 1.165) is 30.6 Å². The van der Waals surface area contributed by atoms with Crippen molar-refractivity contribution in [3.63, 3.8) is 0 Å². The van der Waals surface area contributed by atoms with Crippen molar-refractivity contribution in [1.29, 1.82) is 0 Å². The molecule has 0 unspecified atom stereocenters. The molecule has 0 atom stereocenters. The molecular weight excluding hydrogens is 234 g/mol. The largest absolute Gasteiger partial charge is 0.385 e. The molecular formula is C13H19NO2S. The molecule has 0 spiro atoms. The molecule has 0 heterocycles. The highest BCUT2D eigenvalue weighted by Gasteiger charge is 2.08. The Bertz CT molecular complexity index is 492. The molecule has 3 nitrogen and oxygen atoms in total. The van der Waals surface area contributed by atoms with E-state index in [-0.39, 0.29) is 0 Å². The van der Waals surface area contributed by atoms with Gasteiger partial charge in [-0.2, -0.15) is 0 Å². The van der Waals surface area contributed by atoms with Crippen LogP contribution in [-0.2, 0) is 9.84 Å². The fourth-order valence-corrected chi connectivity index (χ4v) is 2.14. The highest BCUT2D eigenvalue weighted by atomic mass is 32.2. The summed E-state index contributed by atoms with van der Waals surface area (Å²) in [5.41, 5.74) is 1.94. The minimum Gasteiger partial charge on any atom is -0.385 e. The monoisotopic (exact) mass is 253 g/mol. The van der Waals surface area contributed by atoms with E-state index in [1.54, 1.807) is 12.1 Å². The summed E-state index contributed by atoms with van der Waals surface area (Å²) in [6.07, 6.45) is 5.05. The second-order valence-corrected chi connectivity index (χ2v) is 6.12. The molecule has 0 fully saturated rings. The fraction of sp³-hybridized carbons (Fsp3) is 0.385. The van der Waals surface area contributed by atoms with Crippen molar-refractivity contribution in [2.24, 2.45) is 0 Å². The average Bonchev–Trinajstić information content (AvgIpc) is 2.25. The van der Waals surface area contributed by atoms with Crippen molar-refractivity contribution < 1.29 is 8.42 Å². The predicted octanol–water partition coefficient (Wildman–Crippen LogP) is 2.78. The van der Waals surface area contributed by atoms with Crippen LogP contribution in [0.2, 0.25) is 0 Å². The number of unbranched alkanes of at least 4 members (excludes halogenated alkanes) is 1. The van der Waals surface area contributed by atoms with Gasteiger partial charge in [-0.15, -0.1) is 6.58 Å². The molecule has 0 aliphatic carbocycles. The van der Waals surface area contributed by atoms with Gasteiger partial charge in [0.1, 0.15) is 0 Å². The van der Waals surface area contributed by atoms with Crippen molar-refractivity contribution in [3.8, 4) is 0 Å². The van der Waals surface area contributed by atoms with Crippen LogP contribution >= 0.6 is 0 Å². The Kier molecular flexibility index (Phi) is 4.75. The van der Waals surface area contributed by atoms with Crippen molar-refractivity contribution in [2.75, 3.05) is 18.1 Å². The lowest BCUT2D eigenvalue weighted by Gasteiger charge is -2.10. The molecule has 1 aromatic carbocycles. The van der Waals surface area contributed by atoms with Crippen LogP contribution in [0, 0.1) is 6.92 Å². The molecule has 4 heteroatoms. The maximum absolute atomic E-state index is 11.4. The molecule has 1 rings (SSSR count). The Balaban J connectivity index is 2.80. The zero-order valence-corrected chi connectivity index (χ0v) is 11.2. The van der Waals surface area contributed by atoms with Gasteiger partial charge < -0.3 is 5.32 Å². The number of benzene rings is 1. The third-order valence-electron chi connectivity index (χ3n) is 2.54. The topological polar surface area (TPSA) is 46.2 Å². The van der Waals surface area contributed by atoms with Crippen molar-refractivity contribution >= 4 is 15.5 Å². The molecule has 1 aromatic rings. The third-order valence-corrected chi connectivity index (χ3v) is 3.65. The Morgan fingerprint density at radius 1 is 1.41 bits per heavy atom. The summed E-state index contributed by atoms with van der Waals surface area (Å²) in [6, 6.07) is 5.16. The van der Waals surface area contributed by atoms with Gasteiger partial charge in [0.2, 0.25) is 0 Å². The molecule has 1 N–H and O–H groups in total. The Labute approximate surface area is 103 Å². The van der Waals surface area contributed by atoms with Gasteiger partial charge in [0, 0.05) is 18.5 Å². The van der Waals surface area contributed by atoms with Crippen LogP contribution in [0.5, 0.6) is 0 Å². The van der Waals surface area contributed by atoms with Crippen LogP contribution < -0.4 is 5.32 Å². The molecule has 17 heavy (non-hydrogen) atoms. The van der Waals surface area contributed by atoms with Gasteiger partial charge in [0.05, 0.1) is 4.90 Å². The lowest BCUT2D eigenvalue weighted by atomic mass is 10.2. The molecule has 0 aromatic heterocycles. The van der Waals surface area contributed by atoms with Gasteiger partial charge in [-0.1, -0.05) is 12.1 Å². The summed E-state index contributed by atoms with van der Waals surface area (Å²) in [4.78, 5) is 0.356. The zero-order valence-electron chi connectivity index (χ0n) is 10.4. The Morgan fingerprint density at radius 3 is 2.71 bits per heavy atom. The quantitative estimate of drug-likeness (QED) is 0.626. The van der Waals surface area contributed by atoms with Crippen LogP contribution in [-0.4, -0.2) is 21.2 Å². The van der Waals surface area contributed by atoms with Gasteiger partial charge in [-0.25, -0.2) is 8.42 Å². The van der Waals surface area contributed by atoms with Gasteiger partial charge >= 0.3 is 0 Å². The number of anilines is 1. The van der Waals surface area contributed by atoms with Gasteiger partial charge in [-0.05, 0) is 37.5 Å². The number of rotatable bonds is 6. The second-order valence-electron chi connectivity index (χ2n) is 4.11. The van der Waals surface area contributed by atoms with Crippen molar-refractivity contribution in [1.82, 2.24) is 0 Å². The predicted molar refractivity (Wildman–Crippen MR) is 72.2 cm³/mol. The standard InChI is InChI=1S/C13H19NO2S/c1-4-5-6-9-14-13-10-12(17(3,15)16)8-7-11(13)2/h4,7-8,10,14H,1,5-6,9H2,2-3H3. The van der Waals surface area contributed by atoms with E-state index in [4.69, 9.17) is 0 Å². The smallest absolute Gasteiger partial charge is 0.175 e. The van der Waals surface area contributed by atoms with E-state index >= 15 is 0 Å². The average molecular weight is 253 g/mol.